The number of aliphatic hydroxyl groups is 1. The number of carbonyl (C=O) groups is 1. The smallest absolute Gasteiger partial charge is 0.331 e. The third kappa shape index (κ3) is 5.35. The quantitative estimate of drug-likeness (QED) is 0.484. The maximum atomic E-state index is 14.3. The molecule has 0 aliphatic carbocycles. The van der Waals surface area contributed by atoms with Crippen LogP contribution in [0.15, 0.2) is 60.7 Å². The number of ether oxygens (including phenoxy) is 1. The molecular weight excluding hydrogens is 472 g/mol. The molecule has 2 aromatic carbocycles. The first-order valence-corrected chi connectivity index (χ1v) is 13.5. The van der Waals surface area contributed by atoms with Crippen molar-refractivity contribution in [3.63, 3.8) is 0 Å². The molecule has 4 saturated heterocycles. The number of hydrogen-bond acceptors (Lipinski definition) is 5. The van der Waals surface area contributed by atoms with Gasteiger partial charge in [0.2, 0.25) is 0 Å². The zero-order valence-corrected chi connectivity index (χ0v) is 22.3. The molecule has 0 unspecified atom stereocenters. The number of carbonyl (C=O) groups excluding carboxylic acids is 1. The molecular formula is C30H41ClN2O3. The van der Waals surface area contributed by atoms with Crippen molar-refractivity contribution in [2.75, 3.05) is 32.7 Å². The third-order valence-electron chi connectivity index (χ3n) is 8.87. The second-order valence-corrected chi connectivity index (χ2v) is 11.0. The Hall–Kier alpha value is -1.92. The van der Waals surface area contributed by atoms with Gasteiger partial charge >= 0.3 is 5.97 Å². The van der Waals surface area contributed by atoms with Crippen LogP contribution in [-0.2, 0) is 15.1 Å². The summed E-state index contributed by atoms with van der Waals surface area (Å²) in [6, 6.07) is 20.0. The molecule has 4 heterocycles. The zero-order valence-electron chi connectivity index (χ0n) is 21.5. The molecule has 0 amide bonds. The molecule has 2 bridgehead atoms. The highest BCUT2D eigenvalue weighted by molar-refractivity contribution is 5.85. The van der Waals surface area contributed by atoms with Crippen LogP contribution >= 0.6 is 12.4 Å². The van der Waals surface area contributed by atoms with E-state index in [1.165, 1.54) is 6.42 Å². The van der Waals surface area contributed by atoms with E-state index in [0.717, 1.165) is 69.5 Å². The van der Waals surface area contributed by atoms with Gasteiger partial charge in [-0.05, 0) is 82.8 Å². The van der Waals surface area contributed by atoms with Crippen molar-refractivity contribution >= 4 is 18.4 Å². The highest BCUT2D eigenvalue weighted by Crippen LogP contribution is 2.44. The summed E-state index contributed by atoms with van der Waals surface area (Å²) in [7, 11) is 0. The Balaban J connectivity index is 0.00000304. The lowest BCUT2D eigenvalue weighted by Gasteiger charge is -2.54. The fraction of sp³-hybridized carbons (Fsp3) is 0.567. The minimum atomic E-state index is -0.807. The number of halogens is 1. The second kappa shape index (κ2) is 11.6. The van der Waals surface area contributed by atoms with Crippen LogP contribution in [0.5, 0.6) is 0 Å². The third-order valence-corrected chi connectivity index (χ3v) is 8.87. The Kier molecular flexibility index (Phi) is 8.77. The highest BCUT2D eigenvalue weighted by Gasteiger charge is 2.53. The minimum absolute atomic E-state index is 0. The largest absolute Gasteiger partial charge is 0.456 e. The average Bonchev–Trinajstić information content (AvgIpc) is 2.93. The van der Waals surface area contributed by atoms with Gasteiger partial charge in [-0.15, -0.1) is 12.4 Å². The van der Waals surface area contributed by atoms with Gasteiger partial charge in [0, 0.05) is 12.5 Å². The molecule has 0 saturated carbocycles. The number of rotatable bonds is 8. The van der Waals surface area contributed by atoms with Crippen LogP contribution in [0.3, 0.4) is 0 Å². The molecule has 4 aliphatic heterocycles. The van der Waals surface area contributed by atoms with E-state index >= 15 is 0 Å². The highest BCUT2D eigenvalue weighted by atomic mass is 35.5. The molecule has 6 heteroatoms. The molecule has 4 fully saturated rings. The van der Waals surface area contributed by atoms with Crippen LogP contribution in [0.25, 0.3) is 0 Å². The molecule has 3 atom stereocenters. The lowest BCUT2D eigenvalue weighted by molar-refractivity contribution is -0.200. The Morgan fingerprint density at radius 3 is 2.19 bits per heavy atom. The van der Waals surface area contributed by atoms with Crippen LogP contribution in [-0.4, -0.2) is 59.2 Å². The monoisotopic (exact) mass is 512 g/mol. The van der Waals surface area contributed by atoms with Gasteiger partial charge in [0.15, 0.2) is 0 Å². The van der Waals surface area contributed by atoms with E-state index in [1.54, 1.807) is 0 Å². The van der Waals surface area contributed by atoms with Crippen molar-refractivity contribution in [3.05, 3.63) is 71.8 Å². The van der Waals surface area contributed by atoms with Crippen LogP contribution in [0, 0.1) is 5.92 Å². The first kappa shape index (κ1) is 27.1. The number of benzene rings is 2. The fourth-order valence-corrected chi connectivity index (χ4v) is 6.61. The summed E-state index contributed by atoms with van der Waals surface area (Å²) in [4.78, 5) is 19.1. The van der Waals surface area contributed by atoms with E-state index in [4.69, 9.17) is 4.74 Å². The van der Waals surface area contributed by atoms with Crippen LogP contribution in [0.2, 0.25) is 0 Å². The topological polar surface area (TPSA) is 53.0 Å². The van der Waals surface area contributed by atoms with Gasteiger partial charge in [-0.3, -0.25) is 9.80 Å². The fourth-order valence-electron chi connectivity index (χ4n) is 6.61. The van der Waals surface area contributed by atoms with E-state index in [1.807, 2.05) is 48.5 Å². The number of aliphatic hydroxyl groups excluding tert-OH is 1. The Morgan fingerprint density at radius 1 is 1.00 bits per heavy atom. The number of piperidine rings is 4. The van der Waals surface area contributed by atoms with Gasteiger partial charge in [-0.25, -0.2) is 4.79 Å². The minimum Gasteiger partial charge on any atom is -0.456 e. The maximum Gasteiger partial charge on any atom is 0.331 e. The first-order chi connectivity index (χ1) is 17.0. The molecule has 36 heavy (non-hydrogen) atoms. The Bertz CT molecular complexity index is 976. The summed E-state index contributed by atoms with van der Waals surface area (Å²) in [5, 5.41) is 10.9. The molecule has 2 aromatic rings. The van der Waals surface area contributed by atoms with Gasteiger partial charge < -0.3 is 9.84 Å². The van der Waals surface area contributed by atoms with E-state index in [2.05, 4.69) is 28.9 Å². The molecule has 4 aliphatic rings. The SMILES string of the molecule is C[C@@](C(=O)O[C@@]1(CC[C@@H](O)c2ccccc2)CN2CCC1CC2)(c1ccccc1)N1CCCCC1.Cl. The first-order valence-electron chi connectivity index (χ1n) is 13.5. The van der Waals surface area contributed by atoms with E-state index < -0.39 is 17.2 Å². The summed E-state index contributed by atoms with van der Waals surface area (Å²) in [6.07, 6.45) is 6.27. The average molecular weight is 513 g/mol. The Labute approximate surface area is 222 Å². The normalized spacial score (nSPS) is 28.5. The van der Waals surface area contributed by atoms with Crippen LogP contribution < -0.4 is 0 Å². The van der Waals surface area contributed by atoms with Crippen LogP contribution in [0.1, 0.15) is 69.1 Å². The standard InChI is InChI=1S/C30H40N2O3.ClH/c1-29(25-13-7-3-8-14-25,32-19-9-4-10-20-32)28(34)35-30(23-31-21-16-26(30)17-22-31)18-15-27(33)24-11-5-2-6-12-24;/h2-3,5-8,11-14,26-27,33H,4,9-10,15-23H2,1H3;1H/t27-,29+,30+;/m1./s1. The summed E-state index contributed by atoms with van der Waals surface area (Å²) in [5.74, 6) is 0.217. The van der Waals surface area contributed by atoms with Gasteiger partial charge in [-0.1, -0.05) is 67.1 Å². The number of likely N-dealkylation sites (tertiary alicyclic amines) is 1. The number of fused-ring (bicyclic) bond motifs is 3. The van der Waals surface area contributed by atoms with Crippen LogP contribution in [0.4, 0.5) is 0 Å². The van der Waals surface area contributed by atoms with E-state index in [0.29, 0.717) is 18.8 Å². The predicted molar refractivity (Wildman–Crippen MR) is 145 cm³/mol. The molecule has 0 radical (unpaired) electrons. The Morgan fingerprint density at radius 2 is 1.61 bits per heavy atom. The van der Waals surface area contributed by atoms with E-state index in [-0.39, 0.29) is 18.4 Å². The molecule has 0 spiro atoms. The summed E-state index contributed by atoms with van der Waals surface area (Å²) in [5.41, 5.74) is 0.582. The van der Waals surface area contributed by atoms with Crippen molar-refractivity contribution in [2.45, 2.75) is 69.1 Å². The number of hydrogen-bond donors (Lipinski definition) is 1. The molecule has 1 N–H and O–H groups in total. The summed E-state index contributed by atoms with van der Waals surface area (Å²) >= 11 is 0. The molecule has 0 aromatic heterocycles. The number of esters is 1. The van der Waals surface area contributed by atoms with Gasteiger partial charge in [0.25, 0.3) is 0 Å². The summed E-state index contributed by atoms with van der Waals surface area (Å²) < 4.78 is 6.74. The van der Waals surface area contributed by atoms with Crippen molar-refractivity contribution in [1.82, 2.24) is 9.80 Å². The van der Waals surface area contributed by atoms with Gasteiger partial charge in [0.05, 0.1) is 6.10 Å². The van der Waals surface area contributed by atoms with Crippen molar-refractivity contribution in [1.29, 1.82) is 0 Å². The van der Waals surface area contributed by atoms with Crippen molar-refractivity contribution in [3.8, 4) is 0 Å². The predicted octanol–water partition coefficient (Wildman–Crippen LogP) is 5.33. The van der Waals surface area contributed by atoms with Gasteiger partial charge in [-0.2, -0.15) is 0 Å². The van der Waals surface area contributed by atoms with Crippen molar-refractivity contribution < 1.29 is 14.6 Å². The zero-order chi connectivity index (χ0) is 24.3. The number of nitrogens with zero attached hydrogens (tertiary/aromatic N) is 2. The summed E-state index contributed by atoms with van der Waals surface area (Å²) in [6.45, 7) is 6.81. The lowest BCUT2D eigenvalue weighted by atomic mass is 9.72. The van der Waals surface area contributed by atoms with E-state index in [9.17, 15) is 9.90 Å². The molecule has 6 rings (SSSR count). The molecule has 196 valence electrons. The lowest BCUT2D eigenvalue weighted by Crippen LogP contribution is -2.63. The van der Waals surface area contributed by atoms with Gasteiger partial charge in [0.1, 0.15) is 11.1 Å². The molecule has 5 nitrogen and oxygen atoms in total. The second-order valence-electron chi connectivity index (χ2n) is 11.0. The van der Waals surface area contributed by atoms with Crippen molar-refractivity contribution in [2.24, 2.45) is 5.92 Å². The maximum absolute atomic E-state index is 14.3.